The van der Waals surface area contributed by atoms with E-state index < -0.39 is 29.4 Å². The fraction of sp³-hybridized carbons (Fsp3) is 0.645. The Balaban J connectivity index is 1.44. The van der Waals surface area contributed by atoms with Crippen LogP contribution < -0.4 is 10.6 Å². The van der Waals surface area contributed by atoms with Crippen molar-refractivity contribution in [1.82, 2.24) is 20.4 Å². The lowest BCUT2D eigenvalue weighted by Crippen LogP contribution is -2.65. The molecule has 238 valence electrons. The maximum absolute atomic E-state index is 13.2. The molecule has 0 unspecified atom stereocenters. The van der Waals surface area contributed by atoms with Crippen molar-refractivity contribution in [2.45, 2.75) is 71.1 Å². The Hall–Kier alpha value is -3.67. The SMILES string of the molecule is CCOC(=O)[C@@](C)(NC(=O)CCOC)NC(=O)[C@@H]1CCCN(C(=O)CCC2CCN(C(=O)OCc3ccccc3)CC2)C1. The number of methoxy groups -OCH3 is 1. The molecule has 2 aliphatic heterocycles. The van der Waals surface area contributed by atoms with Gasteiger partial charge in [-0.3, -0.25) is 14.4 Å². The predicted molar refractivity (Wildman–Crippen MR) is 157 cm³/mol. The van der Waals surface area contributed by atoms with Crippen LogP contribution in [0.5, 0.6) is 0 Å². The molecule has 2 fully saturated rings. The van der Waals surface area contributed by atoms with Crippen molar-refractivity contribution in [3.8, 4) is 0 Å². The highest BCUT2D eigenvalue weighted by Crippen LogP contribution is 2.25. The molecule has 2 atom stereocenters. The Morgan fingerprint density at radius 1 is 0.930 bits per heavy atom. The standard InChI is InChI=1S/C31H46N4O8/c1-4-42-29(39)31(2,32-26(36)16-20-41-3)33-28(38)25-11-8-17-35(21-25)27(37)13-12-23-14-18-34(19-15-23)30(40)43-22-24-9-6-5-7-10-24/h5-7,9-10,23,25H,4,8,11-22H2,1-3H3,(H,32,36)(H,33,38)/t25-,31+/m1/s1. The van der Waals surface area contributed by atoms with E-state index in [-0.39, 0.29) is 44.8 Å². The topological polar surface area (TPSA) is 144 Å². The van der Waals surface area contributed by atoms with Crippen molar-refractivity contribution in [1.29, 1.82) is 0 Å². The first-order valence-corrected chi connectivity index (χ1v) is 15.2. The number of nitrogens with zero attached hydrogens (tertiary/aromatic N) is 2. The van der Waals surface area contributed by atoms with Crippen LogP contribution in [0.15, 0.2) is 30.3 Å². The van der Waals surface area contributed by atoms with Gasteiger partial charge in [0.05, 0.1) is 25.6 Å². The highest BCUT2D eigenvalue weighted by atomic mass is 16.6. The summed E-state index contributed by atoms with van der Waals surface area (Å²) in [4.78, 5) is 67.2. The zero-order valence-corrected chi connectivity index (χ0v) is 25.6. The number of rotatable bonds is 13. The van der Waals surface area contributed by atoms with Gasteiger partial charge in [0.2, 0.25) is 23.4 Å². The van der Waals surface area contributed by atoms with Crippen LogP contribution in [0, 0.1) is 11.8 Å². The van der Waals surface area contributed by atoms with Crippen molar-refractivity contribution in [2.24, 2.45) is 11.8 Å². The van der Waals surface area contributed by atoms with Gasteiger partial charge in [0, 0.05) is 39.7 Å². The molecule has 2 aliphatic rings. The summed E-state index contributed by atoms with van der Waals surface area (Å²) in [5, 5.41) is 5.22. The zero-order chi connectivity index (χ0) is 31.2. The van der Waals surface area contributed by atoms with Crippen molar-refractivity contribution in [3.05, 3.63) is 35.9 Å². The monoisotopic (exact) mass is 602 g/mol. The van der Waals surface area contributed by atoms with Crippen LogP contribution >= 0.6 is 0 Å². The molecule has 0 bridgehead atoms. The second-order valence-electron chi connectivity index (χ2n) is 11.3. The molecule has 12 heteroatoms. The first-order chi connectivity index (χ1) is 20.6. The normalized spacial score (nSPS) is 18.7. The summed E-state index contributed by atoms with van der Waals surface area (Å²) in [5.41, 5.74) is -0.799. The van der Waals surface area contributed by atoms with Crippen LogP contribution in [0.1, 0.15) is 64.4 Å². The van der Waals surface area contributed by atoms with Gasteiger partial charge in [0.25, 0.3) is 0 Å². The average molecular weight is 603 g/mol. The van der Waals surface area contributed by atoms with Crippen LogP contribution in [0.4, 0.5) is 4.79 Å². The molecule has 2 heterocycles. The Morgan fingerprint density at radius 3 is 2.33 bits per heavy atom. The fourth-order valence-electron chi connectivity index (χ4n) is 5.41. The summed E-state index contributed by atoms with van der Waals surface area (Å²) >= 11 is 0. The highest BCUT2D eigenvalue weighted by Gasteiger charge is 2.40. The van der Waals surface area contributed by atoms with E-state index in [9.17, 15) is 24.0 Å². The first kappa shape index (κ1) is 33.8. The minimum atomic E-state index is -1.74. The zero-order valence-electron chi connectivity index (χ0n) is 25.6. The van der Waals surface area contributed by atoms with Crippen LogP contribution in [0.25, 0.3) is 0 Å². The van der Waals surface area contributed by atoms with Crippen molar-refractivity contribution < 1.29 is 38.2 Å². The molecule has 1 aromatic rings. The van der Waals surface area contributed by atoms with Gasteiger partial charge in [0.15, 0.2) is 0 Å². The van der Waals surface area contributed by atoms with E-state index in [1.807, 2.05) is 30.3 Å². The van der Waals surface area contributed by atoms with Crippen LogP contribution in [-0.2, 0) is 40.0 Å². The molecule has 0 spiro atoms. The summed E-state index contributed by atoms with van der Waals surface area (Å²) in [5.74, 6) is -1.86. The van der Waals surface area contributed by atoms with Crippen molar-refractivity contribution in [3.63, 3.8) is 0 Å². The van der Waals surface area contributed by atoms with Gasteiger partial charge in [-0.2, -0.15) is 0 Å². The number of amides is 4. The third-order valence-electron chi connectivity index (χ3n) is 7.97. The lowest BCUT2D eigenvalue weighted by molar-refractivity contribution is -0.157. The Morgan fingerprint density at radius 2 is 1.65 bits per heavy atom. The number of carbonyl (C=O) groups is 5. The number of nitrogens with one attached hydrogen (secondary N) is 2. The van der Waals surface area contributed by atoms with Gasteiger partial charge in [-0.1, -0.05) is 30.3 Å². The quantitative estimate of drug-likeness (QED) is 0.259. The van der Waals surface area contributed by atoms with Crippen molar-refractivity contribution >= 4 is 29.8 Å². The average Bonchev–Trinajstić information content (AvgIpc) is 3.02. The summed E-state index contributed by atoms with van der Waals surface area (Å²) in [7, 11) is 1.46. The van der Waals surface area contributed by atoms with E-state index in [4.69, 9.17) is 14.2 Å². The number of hydrogen-bond donors (Lipinski definition) is 2. The fourth-order valence-corrected chi connectivity index (χ4v) is 5.41. The molecule has 2 N–H and O–H groups in total. The van der Waals surface area contributed by atoms with Gasteiger partial charge in [-0.25, -0.2) is 9.59 Å². The molecular formula is C31H46N4O8. The molecule has 0 aromatic heterocycles. The molecule has 43 heavy (non-hydrogen) atoms. The highest BCUT2D eigenvalue weighted by molar-refractivity contribution is 5.92. The van der Waals surface area contributed by atoms with Crippen LogP contribution in [0.3, 0.4) is 0 Å². The maximum Gasteiger partial charge on any atom is 0.410 e. The van der Waals surface area contributed by atoms with Gasteiger partial charge < -0.3 is 34.6 Å². The van der Waals surface area contributed by atoms with Gasteiger partial charge in [-0.15, -0.1) is 0 Å². The molecule has 4 amide bonds. The van der Waals surface area contributed by atoms with Crippen LogP contribution in [0.2, 0.25) is 0 Å². The largest absolute Gasteiger partial charge is 0.463 e. The Bertz CT molecular complexity index is 1090. The van der Waals surface area contributed by atoms with E-state index in [0.29, 0.717) is 51.2 Å². The summed E-state index contributed by atoms with van der Waals surface area (Å²) < 4.78 is 15.5. The molecule has 2 saturated heterocycles. The van der Waals surface area contributed by atoms with Gasteiger partial charge >= 0.3 is 12.1 Å². The Kier molecular flexibility index (Phi) is 13.2. The molecule has 0 saturated carbocycles. The molecule has 0 aliphatic carbocycles. The lowest BCUT2D eigenvalue weighted by Gasteiger charge is -2.36. The number of esters is 1. The van der Waals surface area contributed by atoms with E-state index in [2.05, 4.69) is 10.6 Å². The maximum atomic E-state index is 13.2. The molecule has 3 rings (SSSR count). The number of hydrogen-bond acceptors (Lipinski definition) is 8. The number of benzene rings is 1. The van der Waals surface area contributed by atoms with E-state index in [1.165, 1.54) is 14.0 Å². The smallest absolute Gasteiger partial charge is 0.410 e. The van der Waals surface area contributed by atoms with Crippen LogP contribution in [-0.4, -0.2) is 91.7 Å². The van der Waals surface area contributed by atoms with Gasteiger partial charge in [0.1, 0.15) is 6.61 Å². The summed E-state index contributed by atoms with van der Waals surface area (Å²) in [6, 6.07) is 9.56. The summed E-state index contributed by atoms with van der Waals surface area (Å²) in [6.45, 7) is 5.53. The number of ether oxygens (including phenoxy) is 3. The minimum Gasteiger partial charge on any atom is -0.463 e. The third-order valence-corrected chi connectivity index (χ3v) is 7.97. The van der Waals surface area contributed by atoms with Crippen molar-refractivity contribution in [2.75, 3.05) is 46.5 Å². The number of piperidine rings is 2. The predicted octanol–water partition coefficient (Wildman–Crippen LogP) is 2.60. The number of carbonyl (C=O) groups excluding carboxylic acids is 5. The second-order valence-corrected chi connectivity index (χ2v) is 11.3. The van der Waals surface area contributed by atoms with E-state index in [1.54, 1.807) is 16.7 Å². The van der Waals surface area contributed by atoms with E-state index in [0.717, 1.165) is 18.4 Å². The Labute approximate surface area is 253 Å². The lowest BCUT2D eigenvalue weighted by atomic mass is 9.91. The second kappa shape index (κ2) is 16.8. The molecule has 12 nitrogen and oxygen atoms in total. The van der Waals surface area contributed by atoms with E-state index >= 15 is 0 Å². The minimum absolute atomic E-state index is 0.0109. The molecule has 0 radical (unpaired) electrons. The first-order valence-electron chi connectivity index (χ1n) is 15.2. The summed E-state index contributed by atoms with van der Waals surface area (Å²) in [6.07, 6.45) is 3.62. The third kappa shape index (κ3) is 10.5. The number of likely N-dealkylation sites (tertiary alicyclic amines) is 2. The molecular weight excluding hydrogens is 556 g/mol. The molecule has 1 aromatic carbocycles. The van der Waals surface area contributed by atoms with Gasteiger partial charge in [-0.05, 0) is 57.4 Å².